The lowest BCUT2D eigenvalue weighted by atomic mass is 10.1. The van der Waals surface area contributed by atoms with Gasteiger partial charge in [0.05, 0.1) is 53.9 Å². The van der Waals surface area contributed by atoms with Gasteiger partial charge in [-0.25, -0.2) is 9.97 Å². The minimum atomic E-state index is 0.249. The number of rotatable bonds is 4. The number of hydrogen-bond donors (Lipinski definition) is 1. The van der Waals surface area contributed by atoms with Gasteiger partial charge in [0.25, 0.3) is 0 Å². The predicted molar refractivity (Wildman–Crippen MR) is 118 cm³/mol. The van der Waals surface area contributed by atoms with Crippen LogP contribution in [-0.4, -0.2) is 56.6 Å². The molecule has 5 heterocycles. The highest BCUT2D eigenvalue weighted by Crippen LogP contribution is 2.35. The summed E-state index contributed by atoms with van der Waals surface area (Å²) in [5, 5.41) is 1.41. The Kier molecular flexibility index (Phi) is 4.67. The summed E-state index contributed by atoms with van der Waals surface area (Å²) in [6.07, 6.45) is 9.74. The lowest BCUT2D eigenvalue weighted by Crippen LogP contribution is -2.44. The maximum Gasteiger partial charge on any atom is 0.157 e. The fraction of sp³-hybridized carbons (Fsp3) is 0.381. The maximum atomic E-state index is 5.66. The average molecular weight is 409 g/mol. The summed E-state index contributed by atoms with van der Waals surface area (Å²) in [5.74, 6) is 0.924. The smallest absolute Gasteiger partial charge is 0.157 e. The van der Waals surface area contributed by atoms with Crippen molar-refractivity contribution in [3.8, 4) is 11.3 Å². The third kappa shape index (κ3) is 3.07. The number of fused-ring (bicyclic) bond motifs is 2. The molecule has 150 valence electrons. The average Bonchev–Trinajstić information content (AvgIpc) is 3.39. The van der Waals surface area contributed by atoms with E-state index in [-0.39, 0.29) is 11.4 Å². The predicted octanol–water partition coefficient (Wildman–Crippen LogP) is 4.08. The first-order valence-electron chi connectivity index (χ1n) is 9.83. The van der Waals surface area contributed by atoms with Crippen molar-refractivity contribution >= 4 is 39.5 Å². The lowest BCUT2D eigenvalue weighted by Gasteiger charge is -2.34. The van der Waals surface area contributed by atoms with Gasteiger partial charge in [-0.3, -0.25) is 4.98 Å². The maximum absolute atomic E-state index is 5.66. The summed E-state index contributed by atoms with van der Waals surface area (Å²) in [5.41, 5.74) is 4.99. The van der Waals surface area contributed by atoms with Crippen molar-refractivity contribution in [3.63, 3.8) is 0 Å². The van der Waals surface area contributed by atoms with Crippen molar-refractivity contribution in [1.82, 2.24) is 24.5 Å². The standard InChI is InChI=1S/C21H24N6OS/c1-13-11-28-7-6-26(13)21-20-19(27(12-24-20)14(2)29-3)8-17(25-21)16-9-22-10-18-15(16)4-5-23-18/h4-5,8-10,12-14,23H,6-7,11H2,1-3H3/t13?,14-/m1/s1. The number of anilines is 1. The summed E-state index contributed by atoms with van der Waals surface area (Å²) in [6.45, 7) is 6.58. The quantitative estimate of drug-likeness (QED) is 0.549. The van der Waals surface area contributed by atoms with Crippen LogP contribution in [0.1, 0.15) is 19.2 Å². The van der Waals surface area contributed by atoms with Gasteiger partial charge in [-0.1, -0.05) is 0 Å². The summed E-state index contributed by atoms with van der Waals surface area (Å²) >= 11 is 1.80. The van der Waals surface area contributed by atoms with E-state index in [1.54, 1.807) is 11.8 Å². The Morgan fingerprint density at radius 3 is 3.07 bits per heavy atom. The SMILES string of the molecule is CS[C@H](C)n1cnc2c(N3CCOCC3C)nc(-c3cncc4[nH]ccc34)cc21. The molecule has 0 aromatic carbocycles. The van der Waals surface area contributed by atoms with Crippen molar-refractivity contribution in [2.75, 3.05) is 30.9 Å². The van der Waals surface area contributed by atoms with Crippen LogP contribution in [0.5, 0.6) is 0 Å². The van der Waals surface area contributed by atoms with Crippen LogP contribution in [0, 0.1) is 0 Å². The molecule has 0 spiro atoms. The van der Waals surface area contributed by atoms with Crippen LogP contribution in [-0.2, 0) is 4.74 Å². The van der Waals surface area contributed by atoms with E-state index in [1.807, 2.05) is 24.9 Å². The fourth-order valence-electron chi connectivity index (χ4n) is 3.98. The monoisotopic (exact) mass is 408 g/mol. The minimum Gasteiger partial charge on any atom is -0.377 e. The van der Waals surface area contributed by atoms with Crippen LogP contribution >= 0.6 is 11.8 Å². The summed E-state index contributed by atoms with van der Waals surface area (Å²) in [6, 6.07) is 4.48. The minimum absolute atomic E-state index is 0.249. The van der Waals surface area contributed by atoms with Crippen LogP contribution in [0.3, 0.4) is 0 Å². The first-order valence-corrected chi connectivity index (χ1v) is 11.1. The number of hydrogen-bond acceptors (Lipinski definition) is 6. The molecule has 0 amide bonds. The Morgan fingerprint density at radius 1 is 1.34 bits per heavy atom. The fourth-order valence-corrected chi connectivity index (χ4v) is 4.38. The van der Waals surface area contributed by atoms with Crippen molar-refractivity contribution in [3.05, 3.63) is 37.1 Å². The van der Waals surface area contributed by atoms with Gasteiger partial charge in [-0.15, -0.1) is 11.8 Å². The zero-order valence-electron chi connectivity index (χ0n) is 16.8. The second-order valence-electron chi connectivity index (χ2n) is 7.43. The molecule has 1 fully saturated rings. The zero-order valence-corrected chi connectivity index (χ0v) is 17.6. The van der Waals surface area contributed by atoms with Crippen LogP contribution in [0.2, 0.25) is 0 Å². The third-order valence-corrected chi connectivity index (χ3v) is 6.58. The normalized spacial score (nSPS) is 18.6. The van der Waals surface area contributed by atoms with Gasteiger partial charge in [-0.2, -0.15) is 0 Å². The summed E-state index contributed by atoms with van der Waals surface area (Å²) in [4.78, 5) is 19.9. The number of thioether (sulfide) groups is 1. The van der Waals surface area contributed by atoms with E-state index in [2.05, 4.69) is 51.7 Å². The van der Waals surface area contributed by atoms with Gasteiger partial charge in [0, 0.05) is 29.9 Å². The number of H-pyrrole nitrogens is 1. The Hall–Kier alpha value is -2.58. The molecule has 1 unspecified atom stereocenters. The number of aromatic nitrogens is 5. The van der Waals surface area contributed by atoms with E-state index in [4.69, 9.17) is 14.7 Å². The molecule has 2 atom stereocenters. The zero-order chi connectivity index (χ0) is 20.0. The number of imidazole rings is 1. The highest BCUT2D eigenvalue weighted by molar-refractivity contribution is 7.98. The number of nitrogens with zero attached hydrogens (tertiary/aromatic N) is 5. The first-order chi connectivity index (χ1) is 14.2. The Labute approximate surface area is 173 Å². The van der Waals surface area contributed by atoms with Gasteiger partial charge >= 0.3 is 0 Å². The Balaban J connectivity index is 1.77. The van der Waals surface area contributed by atoms with Crippen molar-refractivity contribution < 1.29 is 4.74 Å². The molecule has 1 aliphatic rings. The molecule has 1 aliphatic heterocycles. The molecule has 0 aliphatic carbocycles. The molecule has 1 N–H and O–H groups in total. The van der Waals surface area contributed by atoms with E-state index in [0.717, 1.165) is 45.6 Å². The van der Waals surface area contributed by atoms with E-state index in [0.29, 0.717) is 13.2 Å². The molecule has 7 nitrogen and oxygen atoms in total. The molecule has 0 saturated carbocycles. The molecule has 0 bridgehead atoms. The van der Waals surface area contributed by atoms with Gasteiger partial charge in [0.1, 0.15) is 5.52 Å². The van der Waals surface area contributed by atoms with E-state index in [1.165, 1.54) is 0 Å². The molecule has 0 radical (unpaired) electrons. The molecule has 29 heavy (non-hydrogen) atoms. The summed E-state index contributed by atoms with van der Waals surface area (Å²) in [7, 11) is 0. The topological polar surface area (TPSA) is 71.9 Å². The Morgan fingerprint density at radius 2 is 2.24 bits per heavy atom. The van der Waals surface area contributed by atoms with Crippen molar-refractivity contribution in [2.45, 2.75) is 25.3 Å². The van der Waals surface area contributed by atoms with Gasteiger partial charge in [0.15, 0.2) is 5.82 Å². The van der Waals surface area contributed by atoms with E-state index >= 15 is 0 Å². The number of aromatic amines is 1. The first kappa shape index (κ1) is 18.4. The molecular formula is C21H24N6OS. The number of pyridine rings is 2. The highest BCUT2D eigenvalue weighted by atomic mass is 32.2. The number of morpholine rings is 1. The van der Waals surface area contributed by atoms with Crippen LogP contribution < -0.4 is 4.90 Å². The van der Waals surface area contributed by atoms with Crippen LogP contribution in [0.25, 0.3) is 33.2 Å². The second kappa shape index (κ2) is 7.35. The lowest BCUT2D eigenvalue weighted by molar-refractivity contribution is 0.0987. The largest absolute Gasteiger partial charge is 0.377 e. The van der Waals surface area contributed by atoms with Gasteiger partial charge in [0.2, 0.25) is 0 Å². The molecule has 5 rings (SSSR count). The second-order valence-corrected chi connectivity index (χ2v) is 8.58. The highest BCUT2D eigenvalue weighted by Gasteiger charge is 2.25. The number of nitrogens with one attached hydrogen (secondary N) is 1. The van der Waals surface area contributed by atoms with Gasteiger partial charge in [-0.05, 0) is 32.2 Å². The van der Waals surface area contributed by atoms with E-state index in [9.17, 15) is 0 Å². The van der Waals surface area contributed by atoms with Crippen molar-refractivity contribution in [2.24, 2.45) is 0 Å². The molecule has 4 aromatic rings. The molecule has 1 saturated heterocycles. The van der Waals surface area contributed by atoms with Gasteiger partial charge < -0.3 is 19.2 Å². The van der Waals surface area contributed by atoms with Crippen molar-refractivity contribution in [1.29, 1.82) is 0 Å². The van der Waals surface area contributed by atoms with Crippen LogP contribution in [0.15, 0.2) is 37.1 Å². The van der Waals surface area contributed by atoms with E-state index < -0.39 is 0 Å². The molecule has 8 heteroatoms. The van der Waals surface area contributed by atoms with Crippen LogP contribution in [0.4, 0.5) is 5.82 Å². The summed E-state index contributed by atoms with van der Waals surface area (Å²) < 4.78 is 7.88. The molecular weight excluding hydrogens is 384 g/mol. The third-order valence-electron chi connectivity index (χ3n) is 5.67. The Bertz CT molecular complexity index is 1170. The number of ether oxygens (including phenoxy) is 1. The molecule has 4 aromatic heterocycles.